The lowest BCUT2D eigenvalue weighted by Gasteiger charge is -2.43. The molecule has 3 aromatic rings. The molecule has 1 aromatic heterocycles. The van der Waals surface area contributed by atoms with Crippen molar-refractivity contribution in [2.75, 3.05) is 55.6 Å². The van der Waals surface area contributed by atoms with Gasteiger partial charge >= 0.3 is 0 Å². The summed E-state index contributed by atoms with van der Waals surface area (Å²) < 4.78 is 0. The smallest absolute Gasteiger partial charge is 0.256 e. The van der Waals surface area contributed by atoms with E-state index in [2.05, 4.69) is 50.3 Å². The summed E-state index contributed by atoms with van der Waals surface area (Å²) in [6, 6.07) is 18.8. The van der Waals surface area contributed by atoms with Crippen LogP contribution in [-0.4, -0.2) is 89.5 Å². The zero-order valence-corrected chi connectivity index (χ0v) is 30.1. The fourth-order valence-electron chi connectivity index (χ4n) is 10.5. The topological polar surface area (TPSA) is 109 Å². The number of imide groups is 1. The minimum atomic E-state index is -0.620. The number of anilines is 2. The molecule has 0 radical (unpaired) electrons. The van der Waals surface area contributed by atoms with Gasteiger partial charge in [0.15, 0.2) is 0 Å². The first-order chi connectivity index (χ1) is 25.3. The number of carbonyl (C=O) groups excluding carboxylic acids is 3. The Morgan fingerprint density at radius 3 is 2.33 bits per heavy atom. The predicted octanol–water partition coefficient (Wildman–Crippen LogP) is 5.23. The molecule has 4 fully saturated rings. The number of aromatic hydroxyl groups is 1. The van der Waals surface area contributed by atoms with Gasteiger partial charge in [-0.3, -0.25) is 24.6 Å². The first-order valence-electron chi connectivity index (χ1n) is 19.6. The van der Waals surface area contributed by atoms with Crippen LogP contribution < -0.4 is 15.1 Å². The molecule has 10 heteroatoms. The van der Waals surface area contributed by atoms with Crippen molar-refractivity contribution in [3.8, 4) is 5.75 Å². The summed E-state index contributed by atoms with van der Waals surface area (Å²) in [6.45, 7) is 7.40. The number of amides is 3. The second kappa shape index (κ2) is 13.5. The van der Waals surface area contributed by atoms with Gasteiger partial charge in [0, 0.05) is 63.8 Å². The first-order valence-corrected chi connectivity index (χ1v) is 19.6. The normalized spacial score (nSPS) is 25.1. The number of fused-ring (bicyclic) bond motifs is 2. The summed E-state index contributed by atoms with van der Waals surface area (Å²) in [4.78, 5) is 51.1. The Morgan fingerprint density at radius 1 is 0.808 bits per heavy atom. The molecule has 1 spiro atoms. The second-order valence-electron chi connectivity index (χ2n) is 16.3. The summed E-state index contributed by atoms with van der Waals surface area (Å²) in [7, 11) is 0. The van der Waals surface area contributed by atoms with Crippen LogP contribution in [-0.2, 0) is 22.6 Å². The van der Waals surface area contributed by atoms with E-state index in [1.54, 1.807) is 4.90 Å². The molecular formula is C42H50N6O4. The number of piperidine rings is 2. The second-order valence-corrected chi connectivity index (χ2v) is 16.3. The molecule has 5 heterocycles. The molecule has 0 bridgehead atoms. The fourth-order valence-corrected chi connectivity index (χ4v) is 10.5. The van der Waals surface area contributed by atoms with Crippen molar-refractivity contribution in [2.24, 2.45) is 11.3 Å². The minimum Gasteiger partial charge on any atom is -0.508 e. The molecule has 3 saturated heterocycles. The number of hydrogen-bond donors (Lipinski definition) is 2. The van der Waals surface area contributed by atoms with Crippen LogP contribution in [0, 0.1) is 11.3 Å². The molecule has 2 atom stereocenters. The van der Waals surface area contributed by atoms with E-state index in [-0.39, 0.29) is 18.2 Å². The third-order valence-corrected chi connectivity index (χ3v) is 13.3. The molecule has 6 aliphatic rings. The van der Waals surface area contributed by atoms with Gasteiger partial charge in [-0.1, -0.05) is 31.0 Å². The Balaban J connectivity index is 0.773. The summed E-state index contributed by atoms with van der Waals surface area (Å²) >= 11 is 0. The Morgan fingerprint density at radius 2 is 1.58 bits per heavy atom. The number of carbonyl (C=O) groups is 3. The SMILES string of the molecule is O=C1CC[C@@H](N2Cc3nc(N4CCN(CC5CCN(c6ccc([C@H]7c8ccc(O)cc8CCC78CCCC8)cc6)CC5)CC4)ccc3C2=O)C(=O)N1. The summed E-state index contributed by atoms with van der Waals surface area (Å²) in [5.74, 6) is 1.53. The molecule has 0 unspecified atom stereocenters. The minimum absolute atomic E-state index is 0.179. The van der Waals surface area contributed by atoms with E-state index in [1.807, 2.05) is 24.3 Å². The number of nitrogens with zero attached hydrogens (tertiary/aromatic N) is 5. The van der Waals surface area contributed by atoms with E-state index in [9.17, 15) is 19.5 Å². The zero-order chi connectivity index (χ0) is 35.4. The quantitative estimate of drug-likeness (QED) is 0.337. The molecule has 52 heavy (non-hydrogen) atoms. The van der Waals surface area contributed by atoms with Gasteiger partial charge in [0.1, 0.15) is 17.6 Å². The summed E-state index contributed by atoms with van der Waals surface area (Å²) in [5, 5.41) is 12.6. The molecule has 2 aromatic carbocycles. The van der Waals surface area contributed by atoms with E-state index < -0.39 is 11.9 Å². The van der Waals surface area contributed by atoms with Crippen LogP contribution in [0.5, 0.6) is 5.75 Å². The standard InChI is InChI=1S/C42H50N6O4/c49-32-7-8-33-30(25-32)13-18-42(16-1-2-17-42)39(33)29-3-5-31(6-4-29)46-19-14-28(15-20-46)26-45-21-23-47(24-22-45)37-11-9-34-35(43-37)27-48(41(34)52)36-10-12-38(50)44-40(36)51/h3-9,11,25,28,36,39,49H,1-2,10,12-24,26-27H2,(H,44,50,51)/t36-,39+/m1/s1. The van der Waals surface area contributed by atoms with Gasteiger partial charge < -0.3 is 19.8 Å². The summed E-state index contributed by atoms with van der Waals surface area (Å²) in [5.41, 5.74) is 7.16. The van der Waals surface area contributed by atoms with E-state index in [4.69, 9.17) is 4.98 Å². The third kappa shape index (κ3) is 6.12. The van der Waals surface area contributed by atoms with Crippen LogP contribution in [0.1, 0.15) is 96.4 Å². The maximum Gasteiger partial charge on any atom is 0.256 e. The van der Waals surface area contributed by atoms with E-state index in [0.717, 1.165) is 58.1 Å². The third-order valence-electron chi connectivity index (χ3n) is 13.3. The lowest BCUT2D eigenvalue weighted by Crippen LogP contribution is -2.52. The number of phenols is 1. The largest absolute Gasteiger partial charge is 0.508 e. The number of rotatable bonds is 6. The average molecular weight is 703 g/mol. The summed E-state index contributed by atoms with van der Waals surface area (Å²) in [6.07, 6.45) is 10.6. The van der Waals surface area contributed by atoms with Crippen LogP contribution in [0.2, 0.25) is 0 Å². The van der Waals surface area contributed by atoms with Gasteiger partial charge in [-0.25, -0.2) is 4.98 Å². The maximum atomic E-state index is 13.1. The van der Waals surface area contributed by atoms with Crippen molar-refractivity contribution >= 4 is 29.2 Å². The van der Waals surface area contributed by atoms with E-state index >= 15 is 0 Å². The number of phenolic OH excluding ortho intramolecular Hbond substituents is 1. The highest BCUT2D eigenvalue weighted by molar-refractivity contribution is 6.05. The van der Waals surface area contributed by atoms with Gasteiger partial charge in [0.25, 0.3) is 5.91 Å². The average Bonchev–Trinajstić information content (AvgIpc) is 3.76. The van der Waals surface area contributed by atoms with Crippen LogP contribution in [0.3, 0.4) is 0 Å². The van der Waals surface area contributed by atoms with Crippen LogP contribution in [0.15, 0.2) is 54.6 Å². The highest BCUT2D eigenvalue weighted by Crippen LogP contribution is 2.58. The number of aryl methyl sites for hydroxylation is 1. The van der Waals surface area contributed by atoms with Gasteiger partial charge in [-0.2, -0.15) is 0 Å². The Labute approximate surface area is 306 Å². The molecule has 272 valence electrons. The molecule has 2 N–H and O–H groups in total. The lowest BCUT2D eigenvalue weighted by molar-refractivity contribution is -0.136. The number of hydrogen-bond acceptors (Lipinski definition) is 8. The fraction of sp³-hybridized carbons (Fsp3) is 0.524. The molecule has 2 aliphatic carbocycles. The van der Waals surface area contributed by atoms with Gasteiger partial charge in [-0.05, 0) is 109 Å². The van der Waals surface area contributed by atoms with Crippen molar-refractivity contribution in [3.63, 3.8) is 0 Å². The van der Waals surface area contributed by atoms with Crippen molar-refractivity contribution < 1.29 is 19.5 Å². The molecule has 3 amide bonds. The van der Waals surface area contributed by atoms with Crippen molar-refractivity contribution in [2.45, 2.75) is 82.7 Å². The van der Waals surface area contributed by atoms with Crippen molar-refractivity contribution in [3.05, 3.63) is 82.5 Å². The highest BCUT2D eigenvalue weighted by Gasteiger charge is 2.46. The van der Waals surface area contributed by atoms with Crippen LogP contribution in [0.25, 0.3) is 0 Å². The Hall–Kier alpha value is -4.44. The zero-order valence-electron chi connectivity index (χ0n) is 30.1. The van der Waals surface area contributed by atoms with E-state index in [0.29, 0.717) is 47.2 Å². The number of benzene rings is 2. The first kappa shape index (κ1) is 33.4. The monoisotopic (exact) mass is 702 g/mol. The molecule has 1 saturated carbocycles. The molecule has 9 rings (SSSR count). The molecular weight excluding hydrogens is 653 g/mol. The van der Waals surface area contributed by atoms with Gasteiger partial charge in [-0.15, -0.1) is 0 Å². The Kier molecular flexibility index (Phi) is 8.68. The lowest BCUT2D eigenvalue weighted by atomic mass is 9.60. The van der Waals surface area contributed by atoms with Crippen molar-refractivity contribution in [1.29, 1.82) is 0 Å². The number of aromatic nitrogens is 1. The highest BCUT2D eigenvalue weighted by atomic mass is 16.3. The van der Waals surface area contributed by atoms with E-state index in [1.165, 1.54) is 67.3 Å². The number of pyridine rings is 1. The molecule has 4 aliphatic heterocycles. The maximum absolute atomic E-state index is 13.1. The van der Waals surface area contributed by atoms with Crippen LogP contribution >= 0.6 is 0 Å². The number of piperazine rings is 1. The number of nitrogens with one attached hydrogen (secondary N) is 1. The van der Waals surface area contributed by atoms with Gasteiger partial charge in [0.05, 0.1) is 17.8 Å². The van der Waals surface area contributed by atoms with Gasteiger partial charge in [0.2, 0.25) is 11.8 Å². The Bertz CT molecular complexity index is 1860. The van der Waals surface area contributed by atoms with Crippen molar-refractivity contribution in [1.82, 2.24) is 20.1 Å². The molecule has 10 nitrogen and oxygen atoms in total. The predicted molar refractivity (Wildman–Crippen MR) is 199 cm³/mol. The van der Waals surface area contributed by atoms with Crippen LogP contribution in [0.4, 0.5) is 11.5 Å².